The van der Waals surface area contributed by atoms with Gasteiger partial charge in [0.25, 0.3) is 5.91 Å². The normalized spacial score (nSPS) is 16.6. The minimum atomic E-state index is -1.18. The minimum Gasteiger partial charge on any atom is -0.444 e. The van der Waals surface area contributed by atoms with Crippen molar-refractivity contribution in [1.29, 1.82) is 0 Å². The van der Waals surface area contributed by atoms with E-state index in [2.05, 4.69) is 32.0 Å². The number of nitrogens with one attached hydrogen (secondary N) is 6. The van der Waals surface area contributed by atoms with Crippen LogP contribution in [0, 0.1) is 5.92 Å². The SMILES string of the molecule is CSCC[C@H](NC(=O)[C@H](CC(C)C)N1CC[C@@H](NC(=O)[C@H](Cc2ccccc2)NC(=O)[C@H](Cc2ccccc2)NC(=O)[C@@H](C)NC(=O)OC(C)(C)C)C1=O)C(=O)NN. The van der Waals surface area contributed by atoms with Crippen LogP contribution in [0.3, 0.4) is 0 Å². The predicted octanol–water partition coefficient (Wildman–Crippen LogP) is 1.71. The number of nitrogens with two attached hydrogens (primary N) is 1. The summed E-state index contributed by atoms with van der Waals surface area (Å²) in [6.07, 6.45) is 2.05. The highest BCUT2D eigenvalue weighted by atomic mass is 32.2. The highest BCUT2D eigenvalue weighted by Gasteiger charge is 2.41. The zero-order chi connectivity index (χ0) is 43.0. The van der Waals surface area contributed by atoms with Gasteiger partial charge in [0.1, 0.15) is 41.9 Å². The van der Waals surface area contributed by atoms with Gasteiger partial charge < -0.3 is 36.2 Å². The van der Waals surface area contributed by atoms with Gasteiger partial charge in [-0.25, -0.2) is 10.6 Å². The smallest absolute Gasteiger partial charge is 0.408 e. The third kappa shape index (κ3) is 15.3. The van der Waals surface area contributed by atoms with Crippen LogP contribution in [0.4, 0.5) is 4.79 Å². The van der Waals surface area contributed by atoms with Crippen LogP contribution in [-0.4, -0.2) is 107 Å². The topological polar surface area (TPSA) is 230 Å². The summed E-state index contributed by atoms with van der Waals surface area (Å²) in [4.78, 5) is 95.4. The van der Waals surface area contributed by atoms with Gasteiger partial charge in [0.05, 0.1) is 0 Å². The lowest BCUT2D eigenvalue weighted by atomic mass is 10.0. The Balaban J connectivity index is 1.83. The van der Waals surface area contributed by atoms with E-state index >= 15 is 0 Å². The molecule has 16 nitrogen and oxygen atoms in total. The number of likely N-dealkylation sites (tertiary alicyclic amines) is 1. The summed E-state index contributed by atoms with van der Waals surface area (Å²) in [5, 5.41) is 13.6. The quantitative estimate of drug-likeness (QED) is 0.0581. The van der Waals surface area contributed by atoms with Gasteiger partial charge in [0.15, 0.2) is 0 Å². The summed E-state index contributed by atoms with van der Waals surface area (Å²) in [5.74, 6) is 2.52. The number of hydrogen-bond acceptors (Lipinski definition) is 10. The highest BCUT2D eigenvalue weighted by Crippen LogP contribution is 2.21. The second kappa shape index (κ2) is 22.7. The monoisotopic (exact) mass is 824 g/mol. The molecule has 0 bridgehead atoms. The molecule has 2 aromatic rings. The van der Waals surface area contributed by atoms with Crippen molar-refractivity contribution in [3.05, 3.63) is 71.8 Å². The maximum absolute atomic E-state index is 14.1. The van der Waals surface area contributed by atoms with E-state index in [1.54, 1.807) is 69.3 Å². The van der Waals surface area contributed by atoms with Crippen molar-refractivity contribution in [2.45, 2.75) is 115 Å². The molecule has 1 saturated heterocycles. The van der Waals surface area contributed by atoms with E-state index in [0.29, 0.717) is 18.6 Å². The first-order valence-electron chi connectivity index (χ1n) is 19.5. The number of carbonyl (C=O) groups is 7. The fourth-order valence-electron chi connectivity index (χ4n) is 6.35. The van der Waals surface area contributed by atoms with Crippen molar-refractivity contribution in [1.82, 2.24) is 36.9 Å². The number of amides is 7. The van der Waals surface area contributed by atoms with Gasteiger partial charge in [-0.1, -0.05) is 74.5 Å². The van der Waals surface area contributed by atoms with E-state index in [4.69, 9.17) is 10.6 Å². The molecule has 0 radical (unpaired) electrons. The van der Waals surface area contributed by atoms with Crippen molar-refractivity contribution < 1.29 is 38.3 Å². The lowest BCUT2D eigenvalue weighted by molar-refractivity contribution is -0.141. The molecule has 1 fully saturated rings. The van der Waals surface area contributed by atoms with E-state index in [1.807, 2.05) is 32.2 Å². The van der Waals surface area contributed by atoms with Gasteiger partial charge in [-0.2, -0.15) is 11.8 Å². The van der Waals surface area contributed by atoms with E-state index < -0.39 is 83.4 Å². The molecule has 6 atom stereocenters. The molecular weight excluding hydrogens is 765 g/mol. The molecule has 0 aromatic heterocycles. The molecule has 2 aromatic carbocycles. The Morgan fingerprint density at radius 2 is 1.31 bits per heavy atom. The molecule has 7 amide bonds. The average molecular weight is 825 g/mol. The molecule has 3 rings (SSSR count). The van der Waals surface area contributed by atoms with Crippen LogP contribution in [0.1, 0.15) is 71.9 Å². The summed E-state index contributed by atoms with van der Waals surface area (Å²) < 4.78 is 5.27. The predicted molar refractivity (Wildman–Crippen MR) is 222 cm³/mol. The second-order valence-electron chi connectivity index (χ2n) is 15.7. The summed E-state index contributed by atoms with van der Waals surface area (Å²) in [6.45, 7) is 10.5. The van der Waals surface area contributed by atoms with Gasteiger partial charge in [-0.3, -0.25) is 34.2 Å². The second-order valence-corrected chi connectivity index (χ2v) is 16.7. The maximum Gasteiger partial charge on any atom is 0.408 e. The summed E-state index contributed by atoms with van der Waals surface area (Å²) in [6, 6.07) is 11.8. The van der Waals surface area contributed by atoms with Crippen LogP contribution in [0.2, 0.25) is 0 Å². The molecule has 58 heavy (non-hydrogen) atoms. The fourth-order valence-corrected chi connectivity index (χ4v) is 6.82. The molecule has 8 N–H and O–H groups in total. The Hall–Kier alpha value is -5.16. The van der Waals surface area contributed by atoms with Crippen molar-refractivity contribution in [2.24, 2.45) is 11.8 Å². The maximum atomic E-state index is 14.1. The minimum absolute atomic E-state index is 0.0102. The van der Waals surface area contributed by atoms with Gasteiger partial charge in [0.2, 0.25) is 29.5 Å². The zero-order valence-electron chi connectivity index (χ0n) is 34.5. The molecule has 17 heteroatoms. The number of benzene rings is 2. The number of hydrogen-bond donors (Lipinski definition) is 7. The number of carbonyl (C=O) groups excluding carboxylic acids is 7. The Morgan fingerprint density at radius 3 is 1.83 bits per heavy atom. The molecule has 0 spiro atoms. The first kappa shape index (κ1) is 47.2. The molecule has 1 aliphatic heterocycles. The highest BCUT2D eigenvalue weighted by molar-refractivity contribution is 7.98. The number of hydrazine groups is 1. The lowest BCUT2D eigenvalue weighted by Crippen LogP contribution is -2.59. The number of alkyl carbamates (subject to hydrolysis) is 1. The van der Waals surface area contributed by atoms with Crippen molar-refractivity contribution >= 4 is 53.3 Å². The van der Waals surface area contributed by atoms with Crippen molar-refractivity contribution in [2.75, 3.05) is 18.6 Å². The van der Waals surface area contributed by atoms with Crippen molar-refractivity contribution in [3.8, 4) is 0 Å². The van der Waals surface area contributed by atoms with Gasteiger partial charge in [-0.15, -0.1) is 0 Å². The third-order valence-electron chi connectivity index (χ3n) is 9.27. The summed E-state index contributed by atoms with van der Waals surface area (Å²) >= 11 is 1.51. The van der Waals surface area contributed by atoms with Crippen LogP contribution in [0.15, 0.2) is 60.7 Å². The van der Waals surface area contributed by atoms with E-state index in [9.17, 15) is 33.6 Å². The van der Waals surface area contributed by atoms with Crippen LogP contribution in [-0.2, 0) is 46.3 Å². The molecule has 0 saturated carbocycles. The largest absolute Gasteiger partial charge is 0.444 e. The van der Waals surface area contributed by atoms with Gasteiger partial charge >= 0.3 is 6.09 Å². The average Bonchev–Trinajstić information content (AvgIpc) is 3.52. The number of thioether (sulfide) groups is 1. The first-order chi connectivity index (χ1) is 27.4. The molecule has 0 aliphatic carbocycles. The van der Waals surface area contributed by atoms with E-state index in [0.717, 1.165) is 11.1 Å². The Labute approximate surface area is 345 Å². The summed E-state index contributed by atoms with van der Waals surface area (Å²) in [7, 11) is 0. The van der Waals surface area contributed by atoms with Crippen LogP contribution in [0.5, 0.6) is 0 Å². The molecular formula is C41H60N8O8S. The van der Waals surface area contributed by atoms with E-state index in [-0.39, 0.29) is 31.7 Å². The number of ether oxygens (including phenoxy) is 1. The van der Waals surface area contributed by atoms with Crippen molar-refractivity contribution in [3.63, 3.8) is 0 Å². The van der Waals surface area contributed by atoms with Gasteiger partial charge in [-0.05, 0) is 76.0 Å². The molecule has 1 heterocycles. The van der Waals surface area contributed by atoms with E-state index in [1.165, 1.54) is 23.6 Å². The Morgan fingerprint density at radius 1 is 0.776 bits per heavy atom. The Bertz CT molecular complexity index is 1710. The lowest BCUT2D eigenvalue weighted by Gasteiger charge is -2.30. The van der Waals surface area contributed by atoms with Gasteiger partial charge in [0, 0.05) is 19.4 Å². The molecule has 318 valence electrons. The first-order valence-corrected chi connectivity index (χ1v) is 20.9. The molecule has 0 unspecified atom stereocenters. The Kier molecular flexibility index (Phi) is 18.5. The number of rotatable bonds is 20. The van der Waals surface area contributed by atoms with Crippen LogP contribution in [0.25, 0.3) is 0 Å². The zero-order valence-corrected chi connectivity index (χ0v) is 35.3. The van der Waals surface area contributed by atoms with Crippen LogP contribution >= 0.6 is 11.8 Å². The fraction of sp³-hybridized carbons (Fsp3) is 0.537. The number of nitrogens with zero attached hydrogens (tertiary/aromatic N) is 1. The van der Waals surface area contributed by atoms with Crippen LogP contribution < -0.4 is 37.9 Å². The molecule has 1 aliphatic rings. The third-order valence-corrected chi connectivity index (χ3v) is 9.92. The standard InChI is InChI=1S/C41H60N8O8S/c1-25(2)22-33(38(54)44-29(19-21-58-7)37(53)48-42)49-20-18-30(39(49)55)45-35(51)32(24-28-16-12-9-13-17-28)47-36(52)31(23-27-14-10-8-11-15-27)46-34(50)26(3)43-40(56)57-41(4,5)6/h8-17,25-26,29-33H,18-24,42H2,1-7H3,(H,43,56)(H,44,54)(H,45,51)(H,46,50)(H,47,52)(H,48,53)/t26-,29+,30-,31+,32+,33+/m1/s1. The summed E-state index contributed by atoms with van der Waals surface area (Å²) in [5.41, 5.74) is 2.76.